The number of amides is 2. The van der Waals surface area contributed by atoms with Crippen molar-refractivity contribution in [1.29, 1.82) is 0 Å². The van der Waals surface area contributed by atoms with Crippen molar-refractivity contribution in [1.82, 2.24) is 21.3 Å². The van der Waals surface area contributed by atoms with Crippen LogP contribution in [0.4, 0.5) is 0 Å². The Morgan fingerprint density at radius 3 is 0.865 bits per heavy atom. The number of carbonyl (C=O) groups is 4. The highest BCUT2D eigenvalue weighted by Crippen LogP contribution is 2.39. The summed E-state index contributed by atoms with van der Waals surface area (Å²) in [5.41, 5.74) is -3.97. The molecule has 0 spiro atoms. The first-order valence-corrected chi connectivity index (χ1v) is 30.9. The number of piperidine rings is 2. The fourth-order valence-electron chi connectivity index (χ4n) is 13.0. The third-order valence-corrected chi connectivity index (χ3v) is 15.7. The maximum absolute atomic E-state index is 14.4. The number of carbonyl (C=O) groups excluding carboxylic acids is 4. The second-order valence-electron chi connectivity index (χ2n) is 26.0. The molecule has 0 atom stereocenters. The molecule has 0 bridgehead atoms. The van der Waals surface area contributed by atoms with Gasteiger partial charge >= 0.3 is 11.9 Å². The van der Waals surface area contributed by atoms with Crippen LogP contribution in [0, 0.1) is 0 Å². The molecule has 1 aromatic rings. The van der Waals surface area contributed by atoms with Crippen LogP contribution in [0.5, 0.6) is 0 Å². The number of benzene rings is 1. The normalized spacial score (nSPS) is 18.1. The molecule has 0 unspecified atom stereocenters. The van der Waals surface area contributed by atoms with E-state index in [9.17, 15) is 19.2 Å². The Morgan fingerprint density at radius 1 is 0.392 bits per heavy atom. The van der Waals surface area contributed by atoms with Crippen LogP contribution in [-0.2, 0) is 19.1 Å². The third kappa shape index (κ3) is 25.9. The Hall–Kier alpha value is -2.98. The Balaban J connectivity index is 1.53. The lowest BCUT2D eigenvalue weighted by atomic mass is 9.70. The van der Waals surface area contributed by atoms with Gasteiger partial charge in [-0.1, -0.05) is 213 Å². The van der Waals surface area contributed by atoms with Crippen LogP contribution in [0.15, 0.2) is 24.3 Å². The molecule has 0 radical (unpaired) electrons. The zero-order chi connectivity index (χ0) is 54.4. The van der Waals surface area contributed by atoms with Gasteiger partial charge in [-0.15, -0.1) is 0 Å². The van der Waals surface area contributed by atoms with Gasteiger partial charge in [-0.25, -0.2) is 9.59 Å². The van der Waals surface area contributed by atoms with Gasteiger partial charge in [0.25, 0.3) is 11.8 Å². The fraction of sp³-hybridized carbons (Fsp3) is 0.844. The molecule has 0 saturated carbocycles. The molecule has 0 aliphatic carbocycles. The highest BCUT2D eigenvalue weighted by atomic mass is 16.5. The summed E-state index contributed by atoms with van der Waals surface area (Å²) in [4.78, 5) is 57.3. The number of hydrogen-bond donors (Lipinski definition) is 4. The fourth-order valence-corrected chi connectivity index (χ4v) is 13.0. The zero-order valence-electron chi connectivity index (χ0n) is 49.6. The van der Waals surface area contributed by atoms with Gasteiger partial charge in [0.1, 0.15) is 11.1 Å². The van der Waals surface area contributed by atoms with Crippen molar-refractivity contribution in [3.63, 3.8) is 0 Å². The van der Waals surface area contributed by atoms with Gasteiger partial charge < -0.3 is 30.7 Å². The first-order valence-electron chi connectivity index (χ1n) is 30.9. The zero-order valence-corrected chi connectivity index (χ0v) is 49.6. The van der Waals surface area contributed by atoms with Crippen LogP contribution in [0.2, 0.25) is 0 Å². The van der Waals surface area contributed by atoms with Gasteiger partial charge in [0, 0.05) is 33.3 Å². The van der Waals surface area contributed by atoms with Gasteiger partial charge in [-0.3, -0.25) is 9.59 Å². The number of nitrogens with one attached hydrogen (secondary N) is 4. The molecule has 3 rings (SSSR count). The van der Waals surface area contributed by atoms with E-state index in [0.717, 1.165) is 38.5 Å². The molecule has 2 saturated heterocycles. The molecule has 2 heterocycles. The number of rotatable bonds is 40. The van der Waals surface area contributed by atoms with Crippen LogP contribution in [0.25, 0.3) is 0 Å². The van der Waals surface area contributed by atoms with E-state index in [-0.39, 0.29) is 11.1 Å². The Morgan fingerprint density at radius 2 is 0.622 bits per heavy atom. The van der Waals surface area contributed by atoms with Crippen molar-refractivity contribution in [2.45, 2.75) is 334 Å². The van der Waals surface area contributed by atoms with Crippen LogP contribution < -0.4 is 21.3 Å². The Kier molecular flexibility index (Phi) is 30.0. The van der Waals surface area contributed by atoms with Crippen molar-refractivity contribution in [2.24, 2.45) is 0 Å². The molecule has 1 aromatic carbocycles. The van der Waals surface area contributed by atoms with Crippen LogP contribution in [0.3, 0.4) is 0 Å². The molecule has 74 heavy (non-hydrogen) atoms. The molecule has 426 valence electrons. The van der Waals surface area contributed by atoms with Gasteiger partial charge in [-0.2, -0.15) is 0 Å². The predicted molar refractivity (Wildman–Crippen MR) is 309 cm³/mol. The van der Waals surface area contributed by atoms with E-state index in [1.54, 1.807) is 24.3 Å². The van der Waals surface area contributed by atoms with E-state index in [0.29, 0.717) is 38.9 Å². The van der Waals surface area contributed by atoms with Crippen LogP contribution in [-0.4, -0.2) is 70.2 Å². The average molecular weight is 1040 g/mol. The summed E-state index contributed by atoms with van der Waals surface area (Å²) >= 11 is 0. The maximum Gasteiger partial charge on any atom is 0.332 e. The van der Waals surface area contributed by atoms with Crippen molar-refractivity contribution in [2.75, 3.05) is 13.2 Å². The van der Waals surface area contributed by atoms with E-state index in [2.05, 4.69) is 35.1 Å². The number of ether oxygens (including phenoxy) is 2. The predicted octanol–water partition coefficient (Wildman–Crippen LogP) is 16.1. The summed E-state index contributed by atoms with van der Waals surface area (Å²) in [5.74, 6) is -1.74. The van der Waals surface area contributed by atoms with E-state index in [4.69, 9.17) is 9.47 Å². The largest absolute Gasteiger partial charge is 0.464 e. The molecule has 10 nitrogen and oxygen atoms in total. The minimum absolute atomic E-state index is 0.253. The van der Waals surface area contributed by atoms with E-state index in [1.807, 2.05) is 55.4 Å². The molecule has 4 N–H and O–H groups in total. The topological polar surface area (TPSA) is 135 Å². The van der Waals surface area contributed by atoms with E-state index in [1.165, 1.54) is 167 Å². The Bertz CT molecular complexity index is 1600. The first kappa shape index (κ1) is 65.3. The van der Waals surface area contributed by atoms with Crippen molar-refractivity contribution < 1.29 is 28.7 Å². The lowest BCUT2D eigenvalue weighted by molar-refractivity contribution is -0.156. The van der Waals surface area contributed by atoms with Gasteiger partial charge in [0.05, 0.1) is 13.2 Å². The monoisotopic (exact) mass is 1030 g/mol. The van der Waals surface area contributed by atoms with Gasteiger partial charge in [0.15, 0.2) is 0 Å². The molecule has 2 aliphatic heterocycles. The molecule has 2 aliphatic rings. The highest BCUT2D eigenvalue weighted by molar-refractivity contribution is 6.03. The maximum atomic E-state index is 14.4. The van der Waals surface area contributed by atoms with Crippen molar-refractivity contribution in [3.05, 3.63) is 35.4 Å². The van der Waals surface area contributed by atoms with Crippen molar-refractivity contribution in [3.8, 4) is 0 Å². The minimum Gasteiger partial charge on any atom is -0.464 e. The van der Waals surface area contributed by atoms with E-state index >= 15 is 0 Å². The molecule has 10 heteroatoms. The second-order valence-corrected chi connectivity index (χ2v) is 26.0. The molecular weight excluding hydrogens is 921 g/mol. The summed E-state index contributed by atoms with van der Waals surface area (Å²) in [5, 5.41) is 13.6. The van der Waals surface area contributed by atoms with E-state index < -0.39 is 57.0 Å². The van der Waals surface area contributed by atoms with Crippen molar-refractivity contribution >= 4 is 23.8 Å². The lowest BCUT2D eigenvalue weighted by Crippen LogP contribution is -2.71. The van der Waals surface area contributed by atoms with Gasteiger partial charge in [-0.05, 0) is 112 Å². The lowest BCUT2D eigenvalue weighted by Gasteiger charge is -2.51. The first-order chi connectivity index (χ1) is 35.2. The number of esters is 2. The number of unbranched alkanes of at least 4 members (excludes halogenated alkanes) is 30. The SMILES string of the molecule is CCCCCCCCCCCCCCCCCCOC(=O)C1(NC(=O)c2cccc(C(=O)NC3(C(=O)OCCCCCCCCCCCCCCCCCC)CC(C)(C)NC(C)(C)C3)c2)CC(C)(C)NC(C)(C)C1. The molecule has 0 aromatic heterocycles. The van der Waals surface area contributed by atoms with Gasteiger partial charge in [0.2, 0.25) is 0 Å². The smallest absolute Gasteiger partial charge is 0.332 e. The molecule has 2 amide bonds. The Labute approximate surface area is 454 Å². The number of hydrogen-bond acceptors (Lipinski definition) is 8. The van der Waals surface area contributed by atoms with Crippen LogP contribution >= 0.6 is 0 Å². The highest BCUT2D eigenvalue weighted by Gasteiger charge is 2.55. The minimum atomic E-state index is -1.28. The summed E-state index contributed by atoms with van der Waals surface area (Å²) in [7, 11) is 0. The summed E-state index contributed by atoms with van der Waals surface area (Å²) < 4.78 is 12.1. The third-order valence-electron chi connectivity index (χ3n) is 15.7. The summed E-state index contributed by atoms with van der Waals surface area (Å²) in [6.45, 7) is 21.6. The quantitative estimate of drug-likeness (QED) is 0.0377. The average Bonchev–Trinajstić information content (AvgIpc) is 3.31. The standard InChI is InChI=1S/C64H114N4O6/c1-11-13-15-17-19-21-23-25-27-29-31-33-35-37-39-41-46-73-57(71)63(49-59(3,4)67-60(5,6)50-63)65-55(69)53-44-43-45-54(48-53)56(70)66-64(51-61(7,8)68-62(9,10)52-64)58(72)74-47-42-40-38-36-34-32-30-28-26-24-22-20-18-16-14-12-2/h43-45,48,67-68H,11-42,46-47,49-52H2,1-10H3,(H,65,69)(H,66,70). The summed E-state index contributed by atoms with van der Waals surface area (Å²) in [6, 6.07) is 6.57. The second kappa shape index (κ2) is 34.0. The summed E-state index contributed by atoms with van der Waals surface area (Å²) in [6.07, 6.45) is 42.1. The molecule has 2 fully saturated rings. The van der Waals surface area contributed by atoms with Crippen LogP contribution in [0.1, 0.15) is 321 Å². The molecular formula is C64H114N4O6.